The molecule has 0 spiro atoms. The molecule has 4 heteroatoms. The summed E-state index contributed by atoms with van der Waals surface area (Å²) in [6.45, 7) is 0.646. The van der Waals surface area contributed by atoms with Crippen LogP contribution in [0, 0.1) is 0 Å². The van der Waals surface area contributed by atoms with Gasteiger partial charge in [0.1, 0.15) is 5.75 Å². The zero-order valence-corrected chi connectivity index (χ0v) is 13.1. The summed E-state index contributed by atoms with van der Waals surface area (Å²) in [5.41, 5.74) is 3.97. The van der Waals surface area contributed by atoms with Gasteiger partial charge in [-0.25, -0.2) is 9.97 Å². The minimum Gasteiger partial charge on any atom is -0.493 e. The maximum atomic E-state index is 5.84. The van der Waals surface area contributed by atoms with Crippen LogP contribution in [0.5, 0.6) is 5.75 Å². The Hall–Kier alpha value is -3.14. The van der Waals surface area contributed by atoms with Gasteiger partial charge in [-0.05, 0) is 42.3 Å². The number of anilines is 2. The number of rotatable bonds is 0. The van der Waals surface area contributed by atoms with Crippen LogP contribution in [0.4, 0.5) is 11.6 Å². The van der Waals surface area contributed by atoms with Crippen LogP contribution in [-0.2, 0) is 0 Å². The van der Waals surface area contributed by atoms with E-state index in [2.05, 4.69) is 39.6 Å². The standard InChI is InChI=1S/C20H17N3O/c1-2-12-24-18-9-4-7-16(14-18)19-10-11-21-20(23-19)22-17-8-3-6-15(5-1)13-17/h1,3-11,13-14H,2,12H2,(H,21,22,23)/b5-1+. The van der Waals surface area contributed by atoms with Crippen molar-refractivity contribution in [1.82, 2.24) is 9.97 Å². The van der Waals surface area contributed by atoms with Gasteiger partial charge in [-0.15, -0.1) is 0 Å². The van der Waals surface area contributed by atoms with Crippen molar-refractivity contribution >= 4 is 17.7 Å². The monoisotopic (exact) mass is 315 g/mol. The Labute approximate surface area is 140 Å². The number of hydrogen-bond acceptors (Lipinski definition) is 4. The minimum atomic E-state index is 0.579. The molecule has 6 bridgehead atoms. The van der Waals surface area contributed by atoms with E-state index in [1.165, 1.54) is 0 Å². The third-order valence-corrected chi connectivity index (χ3v) is 3.79. The van der Waals surface area contributed by atoms with E-state index >= 15 is 0 Å². The first-order chi connectivity index (χ1) is 11.9. The SMILES string of the molecule is C1=C/c2cccc(c2)Nc2nccc(n2)-c2cccc(c2)OCC/1. The molecule has 0 atom stereocenters. The van der Waals surface area contributed by atoms with Crippen molar-refractivity contribution in [3.63, 3.8) is 0 Å². The van der Waals surface area contributed by atoms with Crippen molar-refractivity contribution in [3.05, 3.63) is 72.4 Å². The fourth-order valence-electron chi connectivity index (χ4n) is 2.64. The van der Waals surface area contributed by atoms with Gasteiger partial charge in [0.2, 0.25) is 5.95 Å². The summed E-state index contributed by atoms with van der Waals surface area (Å²) >= 11 is 0. The van der Waals surface area contributed by atoms with Gasteiger partial charge >= 0.3 is 0 Å². The smallest absolute Gasteiger partial charge is 0.227 e. The molecule has 0 unspecified atom stereocenters. The molecule has 2 aromatic carbocycles. The lowest BCUT2D eigenvalue weighted by atomic mass is 10.1. The summed E-state index contributed by atoms with van der Waals surface area (Å²) in [4.78, 5) is 8.93. The summed E-state index contributed by atoms with van der Waals surface area (Å²) in [5.74, 6) is 1.43. The summed E-state index contributed by atoms with van der Waals surface area (Å²) in [7, 11) is 0. The van der Waals surface area contributed by atoms with Crippen molar-refractivity contribution in [2.45, 2.75) is 6.42 Å². The second kappa shape index (κ2) is 6.54. The van der Waals surface area contributed by atoms with E-state index in [1.54, 1.807) is 6.20 Å². The highest BCUT2D eigenvalue weighted by molar-refractivity contribution is 5.65. The molecule has 1 aliphatic heterocycles. The molecule has 0 fully saturated rings. The average molecular weight is 315 g/mol. The average Bonchev–Trinajstić information content (AvgIpc) is 2.62. The first-order valence-corrected chi connectivity index (χ1v) is 7.97. The van der Waals surface area contributed by atoms with E-state index < -0.39 is 0 Å². The van der Waals surface area contributed by atoms with E-state index in [0.717, 1.165) is 34.7 Å². The predicted molar refractivity (Wildman–Crippen MR) is 96.3 cm³/mol. The normalized spacial score (nSPS) is 14.5. The van der Waals surface area contributed by atoms with Crippen LogP contribution in [0.15, 0.2) is 66.9 Å². The highest BCUT2D eigenvalue weighted by Gasteiger charge is 2.05. The molecule has 3 aromatic rings. The lowest BCUT2D eigenvalue weighted by Gasteiger charge is -2.08. The molecule has 0 saturated carbocycles. The number of nitrogens with zero attached hydrogens (tertiary/aromatic N) is 2. The molecule has 24 heavy (non-hydrogen) atoms. The number of ether oxygens (including phenoxy) is 1. The van der Waals surface area contributed by atoms with Crippen LogP contribution in [0.2, 0.25) is 0 Å². The van der Waals surface area contributed by atoms with E-state index in [1.807, 2.05) is 42.5 Å². The molecule has 1 N–H and O–H groups in total. The van der Waals surface area contributed by atoms with Crippen LogP contribution in [0.3, 0.4) is 0 Å². The van der Waals surface area contributed by atoms with Gasteiger partial charge in [-0.2, -0.15) is 0 Å². The van der Waals surface area contributed by atoms with Gasteiger partial charge in [0.25, 0.3) is 0 Å². The van der Waals surface area contributed by atoms with Crippen LogP contribution in [0.25, 0.3) is 17.3 Å². The number of aromatic nitrogens is 2. The Kier molecular flexibility index (Phi) is 3.94. The first kappa shape index (κ1) is 14.5. The van der Waals surface area contributed by atoms with Crippen LogP contribution in [-0.4, -0.2) is 16.6 Å². The highest BCUT2D eigenvalue weighted by atomic mass is 16.5. The summed E-state index contributed by atoms with van der Waals surface area (Å²) in [6.07, 6.45) is 6.84. The minimum absolute atomic E-state index is 0.579. The van der Waals surface area contributed by atoms with Crippen molar-refractivity contribution in [2.75, 3.05) is 11.9 Å². The molecule has 1 aromatic heterocycles. The van der Waals surface area contributed by atoms with E-state index in [0.29, 0.717) is 12.6 Å². The molecule has 4 nitrogen and oxygen atoms in total. The number of nitrogens with one attached hydrogen (secondary N) is 1. The molecular weight excluding hydrogens is 298 g/mol. The molecule has 0 amide bonds. The van der Waals surface area contributed by atoms with Gasteiger partial charge in [0, 0.05) is 17.4 Å². The third kappa shape index (κ3) is 3.27. The predicted octanol–water partition coefficient (Wildman–Crippen LogP) is 4.68. The molecule has 4 rings (SSSR count). The fourth-order valence-corrected chi connectivity index (χ4v) is 2.64. The lowest BCUT2D eigenvalue weighted by Crippen LogP contribution is -1.98. The highest BCUT2D eigenvalue weighted by Crippen LogP contribution is 2.24. The van der Waals surface area contributed by atoms with Gasteiger partial charge in [0.05, 0.1) is 12.3 Å². The van der Waals surface area contributed by atoms with Crippen LogP contribution < -0.4 is 10.1 Å². The second-order valence-corrected chi connectivity index (χ2v) is 5.58. The van der Waals surface area contributed by atoms with Crippen LogP contribution >= 0.6 is 0 Å². The zero-order valence-electron chi connectivity index (χ0n) is 13.1. The first-order valence-electron chi connectivity index (χ1n) is 7.97. The summed E-state index contributed by atoms with van der Waals surface area (Å²) < 4.78 is 5.84. The topological polar surface area (TPSA) is 47.0 Å². The maximum Gasteiger partial charge on any atom is 0.227 e. The Morgan fingerprint density at radius 1 is 1.00 bits per heavy atom. The van der Waals surface area contributed by atoms with Crippen molar-refractivity contribution < 1.29 is 4.74 Å². The second-order valence-electron chi connectivity index (χ2n) is 5.58. The molecule has 1 aliphatic rings. The molecule has 0 radical (unpaired) electrons. The quantitative estimate of drug-likeness (QED) is 0.654. The maximum absolute atomic E-state index is 5.84. The summed E-state index contributed by atoms with van der Waals surface area (Å²) in [6, 6.07) is 18.1. The zero-order chi connectivity index (χ0) is 16.2. The van der Waals surface area contributed by atoms with Crippen molar-refractivity contribution in [2.24, 2.45) is 0 Å². The Morgan fingerprint density at radius 3 is 2.96 bits per heavy atom. The third-order valence-electron chi connectivity index (χ3n) is 3.79. The van der Waals surface area contributed by atoms with E-state index in [9.17, 15) is 0 Å². The van der Waals surface area contributed by atoms with E-state index in [4.69, 9.17) is 4.74 Å². The molecule has 2 heterocycles. The lowest BCUT2D eigenvalue weighted by molar-refractivity contribution is 0.325. The summed E-state index contributed by atoms with van der Waals surface area (Å²) in [5, 5.41) is 3.27. The number of fused-ring (bicyclic) bond motifs is 7. The van der Waals surface area contributed by atoms with Crippen LogP contribution in [0.1, 0.15) is 12.0 Å². The molecule has 118 valence electrons. The molecular formula is C20H17N3O. The van der Waals surface area contributed by atoms with Gasteiger partial charge in [-0.1, -0.05) is 36.4 Å². The largest absolute Gasteiger partial charge is 0.493 e. The van der Waals surface area contributed by atoms with Gasteiger partial charge < -0.3 is 10.1 Å². The molecule has 0 aliphatic carbocycles. The molecule has 0 saturated heterocycles. The van der Waals surface area contributed by atoms with Crippen molar-refractivity contribution in [3.8, 4) is 17.0 Å². The fraction of sp³-hybridized carbons (Fsp3) is 0.100. The van der Waals surface area contributed by atoms with Crippen molar-refractivity contribution in [1.29, 1.82) is 0 Å². The Balaban J connectivity index is 1.77. The van der Waals surface area contributed by atoms with Gasteiger partial charge in [-0.3, -0.25) is 0 Å². The van der Waals surface area contributed by atoms with E-state index in [-0.39, 0.29) is 0 Å². The Bertz CT molecular complexity index is 889. The number of benzene rings is 2. The Morgan fingerprint density at radius 2 is 1.96 bits per heavy atom. The number of hydrogen-bond donors (Lipinski definition) is 1. The van der Waals surface area contributed by atoms with Gasteiger partial charge in [0.15, 0.2) is 0 Å².